The van der Waals surface area contributed by atoms with Crippen molar-refractivity contribution in [3.05, 3.63) is 24.0 Å². The number of pyridine rings is 1. The monoisotopic (exact) mass is 236 g/mol. The van der Waals surface area contributed by atoms with Crippen LogP contribution in [0.4, 0.5) is 0 Å². The van der Waals surface area contributed by atoms with Gasteiger partial charge < -0.3 is 10.1 Å². The van der Waals surface area contributed by atoms with Crippen LogP contribution in [0, 0.1) is 0 Å². The van der Waals surface area contributed by atoms with Gasteiger partial charge in [-0.05, 0) is 32.9 Å². The summed E-state index contributed by atoms with van der Waals surface area (Å²) in [6.07, 6.45) is 2.06. The normalized spacial score (nSPS) is 10.8. The molecule has 0 unspecified atom stereocenters. The van der Waals surface area contributed by atoms with E-state index in [-0.39, 0.29) is 18.1 Å². The summed E-state index contributed by atoms with van der Waals surface area (Å²) in [5.41, 5.74) is 0.0524. The number of carbonyl (C=O) groups is 2. The van der Waals surface area contributed by atoms with Gasteiger partial charge in [0.15, 0.2) is 12.9 Å². The topological polar surface area (TPSA) is 68.3 Å². The molecule has 17 heavy (non-hydrogen) atoms. The first kappa shape index (κ1) is 13.2. The second-order valence-electron chi connectivity index (χ2n) is 4.62. The third-order valence-corrected chi connectivity index (χ3v) is 1.76. The molecule has 0 bridgehead atoms. The van der Waals surface area contributed by atoms with E-state index in [2.05, 4.69) is 10.3 Å². The van der Waals surface area contributed by atoms with Crippen LogP contribution < -0.4 is 10.1 Å². The van der Waals surface area contributed by atoms with Gasteiger partial charge in [-0.25, -0.2) is 4.98 Å². The first-order valence-corrected chi connectivity index (χ1v) is 5.26. The maximum atomic E-state index is 11.4. The highest BCUT2D eigenvalue weighted by Crippen LogP contribution is 2.08. The molecule has 5 heteroatoms. The molecule has 0 atom stereocenters. The average Bonchev–Trinajstić information content (AvgIpc) is 2.25. The lowest BCUT2D eigenvalue weighted by atomic mass is 10.1. The third-order valence-electron chi connectivity index (χ3n) is 1.76. The molecule has 0 spiro atoms. The molecule has 0 fully saturated rings. The van der Waals surface area contributed by atoms with Gasteiger partial charge in [0, 0.05) is 5.54 Å². The fraction of sp³-hybridized carbons (Fsp3) is 0.417. The summed E-state index contributed by atoms with van der Waals surface area (Å²) in [7, 11) is 0. The maximum Gasteiger partial charge on any atom is 0.258 e. The molecular weight excluding hydrogens is 220 g/mol. The molecule has 0 saturated carbocycles. The number of nitrogens with zero attached hydrogens (tertiary/aromatic N) is 1. The Morgan fingerprint density at radius 3 is 2.65 bits per heavy atom. The van der Waals surface area contributed by atoms with Crippen LogP contribution in [-0.4, -0.2) is 29.3 Å². The Hall–Kier alpha value is -1.91. The summed E-state index contributed by atoms with van der Waals surface area (Å²) in [4.78, 5) is 25.6. The molecule has 0 saturated heterocycles. The van der Waals surface area contributed by atoms with Crippen molar-refractivity contribution in [1.29, 1.82) is 0 Å². The van der Waals surface area contributed by atoms with Gasteiger partial charge in [-0.3, -0.25) is 9.59 Å². The Labute approximate surface area is 100 Å². The van der Waals surface area contributed by atoms with Crippen molar-refractivity contribution >= 4 is 12.2 Å². The number of carbonyl (C=O) groups excluding carboxylic acids is 2. The zero-order valence-corrected chi connectivity index (χ0v) is 10.2. The van der Waals surface area contributed by atoms with Crippen LogP contribution in [0.5, 0.6) is 5.75 Å². The van der Waals surface area contributed by atoms with Gasteiger partial charge in [-0.15, -0.1) is 0 Å². The summed E-state index contributed by atoms with van der Waals surface area (Å²) >= 11 is 0. The van der Waals surface area contributed by atoms with Crippen LogP contribution in [0.25, 0.3) is 0 Å². The van der Waals surface area contributed by atoms with Gasteiger partial charge in [0.1, 0.15) is 11.4 Å². The van der Waals surface area contributed by atoms with Crippen LogP contribution in [-0.2, 0) is 4.79 Å². The second-order valence-corrected chi connectivity index (χ2v) is 4.62. The fourth-order valence-electron chi connectivity index (χ4n) is 1.15. The fourth-order valence-corrected chi connectivity index (χ4v) is 1.15. The van der Waals surface area contributed by atoms with Gasteiger partial charge in [-0.2, -0.15) is 0 Å². The average molecular weight is 236 g/mol. The molecule has 0 aliphatic carbocycles. The molecule has 0 radical (unpaired) electrons. The van der Waals surface area contributed by atoms with Crippen molar-refractivity contribution < 1.29 is 14.3 Å². The van der Waals surface area contributed by atoms with Crippen molar-refractivity contribution in [1.82, 2.24) is 10.3 Å². The molecular formula is C12H16N2O3. The smallest absolute Gasteiger partial charge is 0.258 e. The Morgan fingerprint density at radius 2 is 2.18 bits per heavy atom. The lowest BCUT2D eigenvalue weighted by Gasteiger charge is -2.20. The Kier molecular flexibility index (Phi) is 4.20. The predicted molar refractivity (Wildman–Crippen MR) is 63.0 cm³/mol. The van der Waals surface area contributed by atoms with Crippen molar-refractivity contribution in [3.8, 4) is 5.75 Å². The molecule has 0 aromatic carbocycles. The molecule has 1 rings (SSSR count). The van der Waals surface area contributed by atoms with E-state index in [0.29, 0.717) is 17.7 Å². The third kappa shape index (κ3) is 5.10. The molecule has 1 aromatic rings. The molecule has 1 heterocycles. The van der Waals surface area contributed by atoms with Gasteiger partial charge in [0.2, 0.25) is 0 Å². The molecule has 5 nitrogen and oxygen atoms in total. The molecule has 92 valence electrons. The zero-order chi connectivity index (χ0) is 12.9. The molecule has 0 aliphatic rings. The second kappa shape index (κ2) is 5.43. The van der Waals surface area contributed by atoms with Crippen molar-refractivity contribution in [2.75, 3.05) is 6.61 Å². The number of hydrogen-bond donors (Lipinski definition) is 1. The molecule has 1 N–H and O–H groups in total. The van der Waals surface area contributed by atoms with E-state index in [1.807, 2.05) is 20.8 Å². The number of amides is 1. The summed E-state index contributed by atoms with van der Waals surface area (Å²) in [5, 5.41) is 2.77. The van der Waals surface area contributed by atoms with Crippen LogP contribution >= 0.6 is 0 Å². The van der Waals surface area contributed by atoms with E-state index in [1.54, 1.807) is 6.07 Å². The highest BCUT2D eigenvalue weighted by Gasteiger charge is 2.13. The number of aromatic nitrogens is 1. The number of aldehydes is 1. The zero-order valence-electron chi connectivity index (χ0n) is 10.2. The molecule has 0 aliphatic heterocycles. The minimum atomic E-state index is -0.278. The minimum Gasteiger partial charge on any atom is -0.482 e. The van der Waals surface area contributed by atoms with E-state index in [0.717, 1.165) is 0 Å². The highest BCUT2D eigenvalue weighted by molar-refractivity contribution is 5.78. The number of rotatable bonds is 4. The quantitative estimate of drug-likeness (QED) is 0.797. The van der Waals surface area contributed by atoms with Crippen LogP contribution in [0.2, 0.25) is 0 Å². The van der Waals surface area contributed by atoms with E-state index in [9.17, 15) is 9.59 Å². The van der Waals surface area contributed by atoms with E-state index < -0.39 is 0 Å². The summed E-state index contributed by atoms with van der Waals surface area (Å²) < 4.78 is 5.22. The van der Waals surface area contributed by atoms with E-state index >= 15 is 0 Å². The molecule has 1 aromatic heterocycles. The largest absolute Gasteiger partial charge is 0.482 e. The van der Waals surface area contributed by atoms with Gasteiger partial charge in [0.25, 0.3) is 5.91 Å². The van der Waals surface area contributed by atoms with Gasteiger partial charge in [-0.1, -0.05) is 0 Å². The van der Waals surface area contributed by atoms with E-state index in [4.69, 9.17) is 4.74 Å². The summed E-state index contributed by atoms with van der Waals surface area (Å²) in [6, 6.07) is 3.13. The first-order valence-electron chi connectivity index (χ1n) is 5.26. The van der Waals surface area contributed by atoms with Crippen molar-refractivity contribution in [2.45, 2.75) is 26.3 Å². The van der Waals surface area contributed by atoms with Crippen LogP contribution in [0.15, 0.2) is 18.3 Å². The standard InChI is InChI=1S/C12H16N2O3/c1-12(2,3)14-11(16)8-17-10-5-4-9(7-15)13-6-10/h4-7H,8H2,1-3H3,(H,14,16). The van der Waals surface area contributed by atoms with E-state index in [1.165, 1.54) is 12.3 Å². The number of nitrogens with one attached hydrogen (secondary N) is 1. The lowest BCUT2D eigenvalue weighted by molar-refractivity contribution is -0.124. The first-order chi connectivity index (χ1) is 7.90. The summed E-state index contributed by atoms with van der Waals surface area (Å²) in [5.74, 6) is 0.261. The van der Waals surface area contributed by atoms with Gasteiger partial charge in [0.05, 0.1) is 6.20 Å². The number of hydrogen-bond acceptors (Lipinski definition) is 4. The summed E-state index contributed by atoms with van der Waals surface area (Å²) in [6.45, 7) is 5.61. The van der Waals surface area contributed by atoms with Crippen LogP contribution in [0.3, 0.4) is 0 Å². The van der Waals surface area contributed by atoms with Crippen molar-refractivity contribution in [3.63, 3.8) is 0 Å². The highest BCUT2D eigenvalue weighted by atomic mass is 16.5. The minimum absolute atomic E-state index is 0.0701. The Morgan fingerprint density at radius 1 is 1.47 bits per heavy atom. The number of ether oxygens (including phenoxy) is 1. The van der Waals surface area contributed by atoms with Crippen LogP contribution in [0.1, 0.15) is 31.3 Å². The van der Waals surface area contributed by atoms with Gasteiger partial charge >= 0.3 is 0 Å². The maximum absolute atomic E-state index is 11.4. The Bertz CT molecular complexity index is 393. The molecule has 1 amide bonds. The Balaban J connectivity index is 2.44. The lowest BCUT2D eigenvalue weighted by Crippen LogP contribution is -2.43. The predicted octanol–water partition coefficient (Wildman–Crippen LogP) is 1.19. The SMILES string of the molecule is CC(C)(C)NC(=O)COc1ccc(C=O)nc1. The van der Waals surface area contributed by atoms with Crippen molar-refractivity contribution in [2.24, 2.45) is 0 Å².